The Morgan fingerprint density at radius 3 is 1.97 bits per heavy atom. The molecule has 1 atom stereocenters. The number of nitrogens with zero attached hydrogens (tertiary/aromatic N) is 1. The molecule has 3 aromatic rings. The molecule has 0 aromatic heterocycles. The third-order valence-electron chi connectivity index (χ3n) is 5.11. The molecular weight excluding hydrogens is 539 g/mol. The largest absolute Gasteiger partial charge is 0.279 e. The van der Waals surface area contributed by atoms with Gasteiger partial charge in [0.15, 0.2) is 0 Å². The van der Waals surface area contributed by atoms with E-state index in [4.69, 9.17) is 11.6 Å². The fourth-order valence-corrected chi connectivity index (χ4v) is 7.60. The molecule has 13 heteroatoms. The monoisotopic (exact) mass is 560 g/mol. The van der Waals surface area contributed by atoms with Crippen molar-refractivity contribution in [1.82, 2.24) is 9.03 Å². The van der Waals surface area contributed by atoms with E-state index in [1.807, 2.05) is 0 Å². The zero-order valence-electron chi connectivity index (χ0n) is 18.8. The molecule has 0 spiro atoms. The van der Waals surface area contributed by atoms with Crippen LogP contribution in [0.1, 0.15) is 18.5 Å². The molecule has 0 fully saturated rings. The molecule has 0 heterocycles. The molecule has 0 saturated heterocycles. The fraction of sp³-hybridized carbons (Fsp3) is 0.182. The maximum Gasteiger partial charge on any atom is 0.279 e. The standard InChI is InChI=1S/C22H22ClFN2O6S3/c1-15(25-35(31,32)26(2)3)16-8-11-18(12-9-16)33(27,28)21-13-10-17(23)14-22(21)34(29,30)20-7-5-4-6-19(20)24/h4-15,25H,1-3H3/t15-/m0/s1. The van der Waals surface area contributed by atoms with Crippen molar-refractivity contribution < 1.29 is 29.6 Å². The molecule has 188 valence electrons. The highest BCUT2D eigenvalue weighted by Gasteiger charge is 2.31. The number of hydrogen-bond donors (Lipinski definition) is 1. The lowest BCUT2D eigenvalue weighted by molar-refractivity contribution is 0.494. The summed E-state index contributed by atoms with van der Waals surface area (Å²) < 4.78 is 95.1. The van der Waals surface area contributed by atoms with Crippen LogP contribution in [0.5, 0.6) is 0 Å². The molecule has 8 nitrogen and oxygen atoms in total. The fourth-order valence-electron chi connectivity index (χ4n) is 3.15. The van der Waals surface area contributed by atoms with Crippen LogP contribution in [-0.4, -0.2) is 43.7 Å². The molecule has 0 radical (unpaired) electrons. The number of benzene rings is 3. The number of hydrogen-bond acceptors (Lipinski definition) is 6. The van der Waals surface area contributed by atoms with Crippen molar-refractivity contribution in [2.24, 2.45) is 0 Å². The molecule has 0 amide bonds. The average molecular weight is 561 g/mol. The molecule has 1 N–H and O–H groups in total. The molecule has 0 aliphatic heterocycles. The molecular formula is C22H22ClFN2O6S3. The second-order valence-corrected chi connectivity index (χ2v) is 13.9. The number of sulfone groups is 2. The Kier molecular flexibility index (Phi) is 7.75. The van der Waals surface area contributed by atoms with Crippen molar-refractivity contribution in [2.75, 3.05) is 14.1 Å². The Morgan fingerprint density at radius 2 is 1.40 bits per heavy atom. The summed E-state index contributed by atoms with van der Waals surface area (Å²) in [5.41, 5.74) is 0.477. The van der Waals surface area contributed by atoms with Crippen LogP contribution in [0.3, 0.4) is 0 Å². The van der Waals surface area contributed by atoms with E-state index in [-0.39, 0.29) is 9.92 Å². The summed E-state index contributed by atoms with van der Waals surface area (Å²) in [6, 6.07) is 12.5. The van der Waals surface area contributed by atoms with Crippen molar-refractivity contribution in [1.29, 1.82) is 0 Å². The van der Waals surface area contributed by atoms with E-state index >= 15 is 0 Å². The molecule has 0 unspecified atom stereocenters. The van der Waals surface area contributed by atoms with Gasteiger partial charge in [-0.25, -0.2) is 21.2 Å². The molecule has 0 aliphatic rings. The molecule has 0 bridgehead atoms. The van der Waals surface area contributed by atoms with Crippen LogP contribution in [0.15, 0.2) is 86.3 Å². The first kappa shape index (κ1) is 27.2. The molecule has 3 aromatic carbocycles. The third-order valence-corrected chi connectivity index (χ3v) is 10.7. The van der Waals surface area contributed by atoms with E-state index in [0.29, 0.717) is 5.56 Å². The van der Waals surface area contributed by atoms with Crippen molar-refractivity contribution in [3.8, 4) is 0 Å². The van der Waals surface area contributed by atoms with E-state index in [1.165, 1.54) is 56.6 Å². The summed E-state index contributed by atoms with van der Waals surface area (Å²) in [6.45, 7) is 1.59. The quantitative estimate of drug-likeness (QED) is 0.450. The lowest BCUT2D eigenvalue weighted by atomic mass is 10.1. The lowest BCUT2D eigenvalue weighted by Crippen LogP contribution is -2.37. The van der Waals surface area contributed by atoms with Crippen LogP contribution < -0.4 is 4.72 Å². The Balaban J connectivity index is 2.06. The lowest BCUT2D eigenvalue weighted by Gasteiger charge is -2.18. The van der Waals surface area contributed by atoms with Crippen molar-refractivity contribution >= 4 is 41.5 Å². The van der Waals surface area contributed by atoms with Gasteiger partial charge in [-0.1, -0.05) is 35.9 Å². The molecule has 0 saturated carbocycles. The van der Waals surface area contributed by atoms with Gasteiger partial charge in [0, 0.05) is 25.2 Å². The smallest absolute Gasteiger partial charge is 0.218 e. The second kappa shape index (κ2) is 9.96. The predicted molar refractivity (Wildman–Crippen MR) is 129 cm³/mol. The summed E-state index contributed by atoms with van der Waals surface area (Å²) in [6.07, 6.45) is 0. The van der Waals surface area contributed by atoms with Gasteiger partial charge < -0.3 is 0 Å². The summed E-state index contributed by atoms with van der Waals surface area (Å²) >= 11 is 5.96. The van der Waals surface area contributed by atoms with E-state index in [1.54, 1.807) is 6.92 Å². The van der Waals surface area contributed by atoms with Gasteiger partial charge in [-0.2, -0.15) is 17.4 Å². The predicted octanol–water partition coefficient (Wildman–Crippen LogP) is 3.60. The number of halogens is 2. The molecule has 3 rings (SSSR count). The average Bonchev–Trinajstić information content (AvgIpc) is 2.78. The topological polar surface area (TPSA) is 118 Å². The van der Waals surface area contributed by atoms with E-state index < -0.39 is 56.4 Å². The van der Waals surface area contributed by atoms with Gasteiger partial charge in [0.2, 0.25) is 19.7 Å². The number of rotatable bonds is 8. The van der Waals surface area contributed by atoms with Crippen molar-refractivity contribution in [3.63, 3.8) is 0 Å². The van der Waals surface area contributed by atoms with Crippen molar-refractivity contribution in [2.45, 2.75) is 32.5 Å². The van der Waals surface area contributed by atoms with E-state index in [9.17, 15) is 29.6 Å². The van der Waals surface area contributed by atoms with Crippen LogP contribution in [0.25, 0.3) is 0 Å². The highest BCUT2D eigenvalue weighted by molar-refractivity contribution is 7.94. The highest BCUT2D eigenvalue weighted by Crippen LogP contribution is 2.34. The van der Waals surface area contributed by atoms with Crippen LogP contribution in [0.4, 0.5) is 4.39 Å². The second-order valence-electron chi connectivity index (χ2n) is 7.72. The van der Waals surface area contributed by atoms with Gasteiger partial charge in [-0.3, -0.25) is 0 Å². The van der Waals surface area contributed by atoms with Crippen LogP contribution in [-0.2, 0) is 29.9 Å². The van der Waals surface area contributed by atoms with Gasteiger partial charge in [0.25, 0.3) is 10.2 Å². The summed E-state index contributed by atoms with van der Waals surface area (Å²) in [5, 5.41) is -0.0452. The van der Waals surface area contributed by atoms with Crippen LogP contribution >= 0.6 is 11.6 Å². The normalized spacial score (nSPS) is 13.7. The first-order chi connectivity index (χ1) is 16.2. The van der Waals surface area contributed by atoms with Gasteiger partial charge >= 0.3 is 0 Å². The Morgan fingerprint density at radius 1 is 0.800 bits per heavy atom. The molecule has 35 heavy (non-hydrogen) atoms. The summed E-state index contributed by atoms with van der Waals surface area (Å²) in [5.74, 6) is -1.03. The Bertz CT molecular complexity index is 1570. The minimum absolute atomic E-state index is 0.0452. The van der Waals surface area contributed by atoms with Crippen LogP contribution in [0.2, 0.25) is 5.02 Å². The SMILES string of the molecule is C[C@H](NS(=O)(=O)N(C)C)c1ccc(S(=O)(=O)c2ccc(Cl)cc2S(=O)(=O)c2ccccc2F)cc1. The van der Waals surface area contributed by atoms with E-state index in [2.05, 4.69) is 4.72 Å². The maximum atomic E-state index is 14.3. The van der Waals surface area contributed by atoms with E-state index in [0.717, 1.165) is 28.6 Å². The third kappa shape index (κ3) is 5.57. The van der Waals surface area contributed by atoms with Gasteiger partial charge in [-0.05, 0) is 55.0 Å². The van der Waals surface area contributed by atoms with Gasteiger partial charge in [0.1, 0.15) is 10.7 Å². The zero-order chi connectivity index (χ0) is 26.2. The zero-order valence-corrected chi connectivity index (χ0v) is 22.0. The number of nitrogens with one attached hydrogen (secondary N) is 1. The minimum atomic E-state index is -4.58. The van der Waals surface area contributed by atoms with Gasteiger partial charge in [0.05, 0.1) is 14.7 Å². The Hall–Kier alpha value is -2.35. The first-order valence-corrected chi connectivity index (χ1v) is 14.8. The van der Waals surface area contributed by atoms with Crippen LogP contribution in [0, 0.1) is 5.82 Å². The summed E-state index contributed by atoms with van der Waals surface area (Å²) in [7, 11) is -9.97. The summed E-state index contributed by atoms with van der Waals surface area (Å²) in [4.78, 5) is -2.15. The maximum absolute atomic E-state index is 14.3. The first-order valence-electron chi connectivity index (χ1n) is 10.0. The Labute approximate surface area is 209 Å². The van der Waals surface area contributed by atoms with Gasteiger partial charge in [-0.15, -0.1) is 0 Å². The van der Waals surface area contributed by atoms with Crippen molar-refractivity contribution in [3.05, 3.63) is 83.1 Å². The minimum Gasteiger partial charge on any atom is -0.218 e. The molecule has 0 aliphatic carbocycles. The highest BCUT2D eigenvalue weighted by atomic mass is 35.5.